The van der Waals surface area contributed by atoms with E-state index >= 15 is 0 Å². The van der Waals surface area contributed by atoms with Crippen molar-refractivity contribution in [1.82, 2.24) is 28.1 Å². The summed E-state index contributed by atoms with van der Waals surface area (Å²) in [5.41, 5.74) is 9.10. The highest BCUT2D eigenvalue weighted by molar-refractivity contribution is 6.11. The van der Waals surface area contributed by atoms with Crippen LogP contribution in [0.5, 0.6) is 11.5 Å². The average molecular weight is 952 g/mol. The number of nitrogens with zero attached hydrogens (tertiary/aromatic N) is 7. The molecule has 0 bridgehead atoms. The molecule has 0 fully saturated rings. The molecular weight excluding hydrogens is 895 g/mol. The minimum Gasteiger partial charge on any atom is -0.456 e. The van der Waals surface area contributed by atoms with Crippen molar-refractivity contribution in [1.29, 1.82) is 0 Å². The predicted octanol–water partition coefficient (Wildman–Crippen LogP) is 15.4. The van der Waals surface area contributed by atoms with Crippen molar-refractivity contribution >= 4 is 60.7 Å². The minimum absolute atomic E-state index is 0.144. The topological polar surface area (TPSA) is 58.1 Å². The molecule has 0 N–H and O–H groups in total. The Morgan fingerprint density at radius 3 is 1.97 bits per heavy atom. The van der Waals surface area contributed by atoms with Gasteiger partial charge in [0.05, 0.1) is 74.9 Å². The number of imidazole rings is 3. The summed E-state index contributed by atoms with van der Waals surface area (Å²) in [5, 5.41) is 1.99. The summed E-state index contributed by atoms with van der Waals surface area (Å²) in [6.45, 7) is 6.56. The second-order valence-corrected chi connectivity index (χ2v) is 19.0. The maximum absolute atomic E-state index is 9.15. The molecule has 5 aromatic heterocycles. The fraction of sp³-hybridized carbons (Fsp3) is 0.0615. The molecule has 0 aliphatic rings. The molecule has 0 saturated heterocycles. The predicted molar refractivity (Wildman–Crippen MR) is 295 cm³/mol. The van der Waals surface area contributed by atoms with Crippen molar-refractivity contribution in [2.75, 3.05) is 0 Å². The van der Waals surface area contributed by atoms with Gasteiger partial charge in [-0.1, -0.05) is 172 Å². The molecule has 14 rings (SSSR count). The second-order valence-electron chi connectivity index (χ2n) is 19.0. The van der Waals surface area contributed by atoms with Crippen LogP contribution in [-0.4, -0.2) is 28.1 Å². The van der Waals surface area contributed by atoms with Crippen molar-refractivity contribution in [3.05, 3.63) is 242 Å². The smallest absolute Gasteiger partial charge is 0.269 e. The van der Waals surface area contributed by atoms with E-state index in [9.17, 15) is 0 Å². The number of hydrogen-bond donors (Lipinski definition) is 0. The Hall–Kier alpha value is -9.53. The highest BCUT2D eigenvalue weighted by Gasteiger charge is 2.25. The van der Waals surface area contributed by atoms with Gasteiger partial charge < -0.3 is 4.74 Å². The van der Waals surface area contributed by atoms with E-state index in [0.717, 1.165) is 60.9 Å². The standard InChI is InChI=1S/C65H47N7O/c1-65(2,3)45-36-37-66-62(38-45)70-53-30-12-10-26-50(53)51-40-60(72-58-35-17-16-34-57(58)71-54-31-13-11-29-52(54)67-64(71)72)61(41-59(51)70)73-47-25-18-24-46(39-47)68-42-69(56-33-15-14-32-55(56)68)63-48(43-20-6-4-7-21-43)27-19-28-49(63)44-22-8-5-9-23-44/h4-41H,1-3H3/i4D,5D,6D,7D,8D,9D,20D,21D,22D,23D. The monoisotopic (exact) mass is 951 g/mol. The summed E-state index contributed by atoms with van der Waals surface area (Å²) in [6.07, 6.45) is 5.36. The van der Waals surface area contributed by atoms with E-state index in [-0.39, 0.29) is 33.4 Å². The Balaban J connectivity index is 1.01. The lowest BCUT2D eigenvalue weighted by Gasteiger charge is -2.20. The van der Waals surface area contributed by atoms with Gasteiger partial charge in [-0.3, -0.25) is 22.7 Å². The van der Waals surface area contributed by atoms with E-state index in [1.807, 2.05) is 102 Å². The van der Waals surface area contributed by atoms with Crippen LogP contribution >= 0.6 is 0 Å². The first-order valence-electron chi connectivity index (χ1n) is 28.9. The van der Waals surface area contributed by atoms with Crippen LogP contribution in [0.4, 0.5) is 0 Å². The molecule has 8 nitrogen and oxygen atoms in total. The SMILES string of the molecule is [2H]c1c([2H])c([2H])c(-c2cccc(-c3c([2H])c([2H])c([2H])c([2H])c3[2H])c2-[n+]2[c-]n(-c3cccc(Oc4cc5c(cc4-n4c6ccccc6n6c7ccccc7nc46)c4ccccc4n5-c4cc(C(C)(C)C)ccn4)c3)c3ccccc32)c([2H])c1[2H]. The highest BCUT2D eigenvalue weighted by Crippen LogP contribution is 2.43. The van der Waals surface area contributed by atoms with Crippen LogP contribution < -0.4 is 9.30 Å². The molecule has 9 aromatic carbocycles. The van der Waals surface area contributed by atoms with Crippen LogP contribution in [0.15, 0.2) is 230 Å². The highest BCUT2D eigenvalue weighted by atomic mass is 16.5. The number of pyridine rings is 1. The van der Waals surface area contributed by atoms with Crippen molar-refractivity contribution < 1.29 is 23.0 Å². The minimum atomic E-state index is -0.576. The first kappa shape index (κ1) is 33.1. The van der Waals surface area contributed by atoms with Gasteiger partial charge >= 0.3 is 0 Å². The van der Waals surface area contributed by atoms with Crippen LogP contribution in [0.25, 0.3) is 106 Å². The molecule has 348 valence electrons. The van der Waals surface area contributed by atoms with E-state index in [4.69, 9.17) is 28.4 Å². The first-order chi connectivity index (χ1) is 40.0. The molecule has 0 unspecified atom stereocenters. The summed E-state index contributed by atoms with van der Waals surface area (Å²) in [5.74, 6) is 2.41. The lowest BCUT2D eigenvalue weighted by Crippen LogP contribution is -2.31. The normalized spacial score (nSPS) is 14.0. The van der Waals surface area contributed by atoms with E-state index in [1.54, 1.807) is 22.8 Å². The molecule has 0 aliphatic heterocycles. The summed E-state index contributed by atoms with van der Waals surface area (Å²) in [7, 11) is 0. The van der Waals surface area contributed by atoms with Gasteiger partial charge in [0.1, 0.15) is 11.6 Å². The van der Waals surface area contributed by atoms with Gasteiger partial charge in [0.15, 0.2) is 5.75 Å². The van der Waals surface area contributed by atoms with Crippen LogP contribution in [-0.2, 0) is 5.41 Å². The molecular formula is C65H47N7O. The third-order valence-corrected chi connectivity index (χ3v) is 13.6. The number of para-hydroxylation sites is 8. The third kappa shape index (κ3) is 6.86. The van der Waals surface area contributed by atoms with Gasteiger partial charge in [-0.15, -0.1) is 0 Å². The van der Waals surface area contributed by atoms with Crippen LogP contribution in [0, 0.1) is 6.33 Å². The fourth-order valence-electron chi connectivity index (χ4n) is 10.3. The zero-order valence-corrected chi connectivity index (χ0v) is 39.7. The number of aromatic nitrogens is 7. The van der Waals surface area contributed by atoms with Gasteiger partial charge in [0, 0.05) is 23.0 Å². The van der Waals surface area contributed by atoms with E-state index < -0.39 is 60.4 Å². The van der Waals surface area contributed by atoms with Gasteiger partial charge in [-0.2, -0.15) is 0 Å². The quantitative estimate of drug-likeness (QED) is 0.113. The van der Waals surface area contributed by atoms with Gasteiger partial charge in [-0.05, 0) is 100.0 Å². The molecule has 0 amide bonds. The molecule has 0 atom stereocenters. The Labute approximate surface area is 435 Å². The first-order valence-corrected chi connectivity index (χ1v) is 23.9. The fourth-order valence-corrected chi connectivity index (χ4v) is 10.3. The Kier molecular flexibility index (Phi) is 7.50. The van der Waals surface area contributed by atoms with Gasteiger partial charge in [0.2, 0.25) is 5.78 Å². The molecule has 73 heavy (non-hydrogen) atoms. The lowest BCUT2D eigenvalue weighted by molar-refractivity contribution is -0.571. The molecule has 5 heterocycles. The zero-order chi connectivity index (χ0) is 57.5. The lowest BCUT2D eigenvalue weighted by atomic mass is 9.88. The molecule has 14 aromatic rings. The van der Waals surface area contributed by atoms with Gasteiger partial charge in [-0.25, -0.2) is 9.97 Å². The van der Waals surface area contributed by atoms with E-state index in [0.29, 0.717) is 34.0 Å². The maximum Gasteiger partial charge on any atom is 0.269 e. The molecule has 0 radical (unpaired) electrons. The van der Waals surface area contributed by atoms with Crippen molar-refractivity contribution in [3.63, 3.8) is 0 Å². The number of rotatable bonds is 8. The largest absolute Gasteiger partial charge is 0.456 e. The molecule has 8 heteroatoms. The van der Waals surface area contributed by atoms with Crippen LogP contribution in [0.2, 0.25) is 0 Å². The second kappa shape index (κ2) is 16.5. The van der Waals surface area contributed by atoms with Crippen molar-refractivity contribution in [2.24, 2.45) is 0 Å². The number of ether oxygens (including phenoxy) is 1. The summed E-state index contributed by atoms with van der Waals surface area (Å²) < 4.78 is 105. The van der Waals surface area contributed by atoms with Gasteiger partial charge in [0.25, 0.3) is 6.33 Å². The number of benzene rings is 9. The van der Waals surface area contributed by atoms with E-state index in [1.165, 1.54) is 0 Å². The Morgan fingerprint density at radius 2 is 1.22 bits per heavy atom. The number of fused-ring (bicyclic) bond motifs is 9. The van der Waals surface area contributed by atoms with E-state index in [2.05, 4.69) is 95.2 Å². The van der Waals surface area contributed by atoms with Crippen LogP contribution in [0.3, 0.4) is 0 Å². The summed E-state index contributed by atoms with van der Waals surface area (Å²) >= 11 is 0. The summed E-state index contributed by atoms with van der Waals surface area (Å²) in [6, 6.07) is 47.4. The van der Waals surface area contributed by atoms with Crippen molar-refractivity contribution in [3.8, 4) is 56.6 Å². The zero-order valence-electron chi connectivity index (χ0n) is 49.7. The Bertz CT molecular complexity index is 4940. The number of hydrogen-bond acceptors (Lipinski definition) is 3. The summed E-state index contributed by atoms with van der Waals surface area (Å²) in [4.78, 5) is 10.2. The maximum atomic E-state index is 9.15. The average Bonchev–Trinajstić information content (AvgIpc) is 4.44. The molecule has 0 saturated carbocycles. The van der Waals surface area contributed by atoms with Crippen molar-refractivity contribution in [2.45, 2.75) is 26.2 Å². The molecule has 0 spiro atoms. The van der Waals surface area contributed by atoms with Crippen LogP contribution in [0.1, 0.15) is 40.0 Å². The molecule has 0 aliphatic carbocycles. The Morgan fingerprint density at radius 1 is 0.562 bits per heavy atom. The third-order valence-electron chi connectivity index (χ3n) is 13.6.